The van der Waals surface area contributed by atoms with Crippen LogP contribution in [0.1, 0.15) is 11.3 Å². The van der Waals surface area contributed by atoms with Gasteiger partial charge in [0.05, 0.1) is 10.7 Å². The normalized spacial score (nSPS) is 11.3. The van der Waals surface area contributed by atoms with Crippen LogP contribution in [0.25, 0.3) is 5.65 Å². The van der Waals surface area contributed by atoms with Crippen molar-refractivity contribution in [1.29, 1.82) is 0 Å². The molecule has 0 aliphatic carbocycles. The SMILES string of the molecule is CN(Cc1cc(=O)n2cc(Cl)ccc2n1)Cc1ccccc1Br. The van der Waals surface area contributed by atoms with Crippen LogP contribution < -0.4 is 5.56 Å². The summed E-state index contributed by atoms with van der Waals surface area (Å²) in [4.78, 5) is 18.8. The van der Waals surface area contributed by atoms with Gasteiger partial charge in [-0.15, -0.1) is 0 Å². The molecule has 23 heavy (non-hydrogen) atoms. The van der Waals surface area contributed by atoms with Crippen LogP contribution in [0.4, 0.5) is 0 Å². The molecule has 6 heteroatoms. The molecular formula is C17H15BrClN3O. The minimum atomic E-state index is -0.123. The van der Waals surface area contributed by atoms with Gasteiger partial charge in [0.1, 0.15) is 5.65 Å². The zero-order chi connectivity index (χ0) is 16.4. The second-order valence-electron chi connectivity index (χ2n) is 5.42. The first-order chi connectivity index (χ1) is 11.0. The summed E-state index contributed by atoms with van der Waals surface area (Å²) in [6.45, 7) is 1.36. The highest BCUT2D eigenvalue weighted by molar-refractivity contribution is 9.10. The minimum absolute atomic E-state index is 0.123. The number of fused-ring (bicyclic) bond motifs is 1. The fraction of sp³-hybridized carbons (Fsp3) is 0.176. The monoisotopic (exact) mass is 391 g/mol. The molecule has 0 aliphatic heterocycles. The van der Waals surface area contributed by atoms with E-state index >= 15 is 0 Å². The van der Waals surface area contributed by atoms with Crippen molar-refractivity contribution in [2.24, 2.45) is 0 Å². The Hall–Kier alpha value is -1.69. The summed E-state index contributed by atoms with van der Waals surface area (Å²) < 4.78 is 2.53. The molecular weight excluding hydrogens is 378 g/mol. The van der Waals surface area contributed by atoms with E-state index in [-0.39, 0.29) is 5.56 Å². The maximum atomic E-state index is 12.2. The number of hydrogen-bond acceptors (Lipinski definition) is 3. The van der Waals surface area contributed by atoms with Crippen LogP contribution in [0.5, 0.6) is 0 Å². The van der Waals surface area contributed by atoms with E-state index in [1.165, 1.54) is 9.96 Å². The lowest BCUT2D eigenvalue weighted by Crippen LogP contribution is -2.22. The summed E-state index contributed by atoms with van der Waals surface area (Å²) in [5.74, 6) is 0. The van der Waals surface area contributed by atoms with Gasteiger partial charge in [-0.25, -0.2) is 4.98 Å². The van der Waals surface area contributed by atoms with E-state index in [1.54, 1.807) is 24.4 Å². The van der Waals surface area contributed by atoms with Gasteiger partial charge in [-0.3, -0.25) is 14.1 Å². The molecule has 2 heterocycles. The molecule has 4 nitrogen and oxygen atoms in total. The summed E-state index contributed by atoms with van der Waals surface area (Å²) in [5.41, 5.74) is 2.42. The summed E-state index contributed by atoms with van der Waals surface area (Å²) in [5, 5.41) is 0.514. The van der Waals surface area contributed by atoms with Crippen LogP contribution in [-0.4, -0.2) is 21.3 Å². The fourth-order valence-electron chi connectivity index (χ4n) is 2.46. The smallest absolute Gasteiger partial charge is 0.258 e. The molecule has 3 rings (SSSR count). The van der Waals surface area contributed by atoms with Gasteiger partial charge in [-0.05, 0) is 30.8 Å². The largest absolute Gasteiger partial charge is 0.296 e. The first-order valence-electron chi connectivity index (χ1n) is 7.13. The third-order valence-corrected chi connectivity index (χ3v) is 4.50. The Bertz CT molecular complexity index is 910. The van der Waals surface area contributed by atoms with Crippen molar-refractivity contribution in [2.45, 2.75) is 13.1 Å². The number of hydrogen-bond donors (Lipinski definition) is 0. The number of nitrogens with zero attached hydrogens (tertiary/aromatic N) is 3. The zero-order valence-electron chi connectivity index (χ0n) is 12.5. The number of halogens is 2. The maximum Gasteiger partial charge on any atom is 0.258 e. The third kappa shape index (κ3) is 3.80. The van der Waals surface area contributed by atoms with Crippen molar-refractivity contribution in [1.82, 2.24) is 14.3 Å². The number of aromatic nitrogens is 2. The zero-order valence-corrected chi connectivity index (χ0v) is 14.9. The Kier molecular flexibility index (Phi) is 4.80. The molecule has 118 valence electrons. The van der Waals surface area contributed by atoms with E-state index < -0.39 is 0 Å². The van der Waals surface area contributed by atoms with Gasteiger partial charge in [-0.2, -0.15) is 0 Å². The Morgan fingerprint density at radius 2 is 2.00 bits per heavy atom. The van der Waals surface area contributed by atoms with Crippen molar-refractivity contribution in [3.63, 3.8) is 0 Å². The molecule has 3 aromatic rings. The maximum absolute atomic E-state index is 12.2. The molecule has 0 radical (unpaired) electrons. The Balaban J connectivity index is 1.82. The first kappa shape index (κ1) is 16.2. The van der Waals surface area contributed by atoms with Crippen molar-refractivity contribution >= 4 is 33.2 Å². The third-order valence-electron chi connectivity index (χ3n) is 3.51. The molecule has 0 fully saturated rings. The van der Waals surface area contributed by atoms with E-state index in [1.807, 2.05) is 25.2 Å². The van der Waals surface area contributed by atoms with Gasteiger partial charge in [0.25, 0.3) is 5.56 Å². The highest BCUT2D eigenvalue weighted by atomic mass is 79.9. The van der Waals surface area contributed by atoms with Crippen molar-refractivity contribution in [2.75, 3.05) is 7.05 Å². The Morgan fingerprint density at radius 1 is 1.22 bits per heavy atom. The first-order valence-corrected chi connectivity index (χ1v) is 8.30. The molecule has 0 saturated heterocycles. The van der Waals surface area contributed by atoms with Gasteiger partial charge < -0.3 is 0 Å². The second kappa shape index (κ2) is 6.83. The van der Waals surface area contributed by atoms with Crippen molar-refractivity contribution in [3.05, 3.63) is 79.8 Å². The second-order valence-corrected chi connectivity index (χ2v) is 6.72. The van der Waals surface area contributed by atoms with Crippen LogP contribution in [-0.2, 0) is 13.1 Å². The molecule has 0 atom stereocenters. The van der Waals surface area contributed by atoms with Gasteiger partial charge in [-0.1, -0.05) is 45.7 Å². The van der Waals surface area contributed by atoms with Crippen LogP contribution in [0.2, 0.25) is 5.02 Å². The van der Waals surface area contributed by atoms with Crippen LogP contribution in [0, 0.1) is 0 Å². The number of pyridine rings is 1. The van der Waals surface area contributed by atoms with E-state index in [0.29, 0.717) is 17.2 Å². The summed E-state index contributed by atoms with van der Waals surface area (Å²) in [6.07, 6.45) is 1.58. The van der Waals surface area contributed by atoms with Crippen molar-refractivity contribution in [3.8, 4) is 0 Å². The molecule has 0 saturated carbocycles. The molecule has 0 unspecified atom stereocenters. The minimum Gasteiger partial charge on any atom is -0.296 e. The average molecular weight is 393 g/mol. The molecule has 2 aromatic heterocycles. The lowest BCUT2D eigenvalue weighted by Gasteiger charge is -2.17. The molecule has 0 bridgehead atoms. The van der Waals surface area contributed by atoms with E-state index in [2.05, 4.69) is 31.9 Å². The highest BCUT2D eigenvalue weighted by Crippen LogP contribution is 2.18. The van der Waals surface area contributed by atoms with Crippen LogP contribution in [0.15, 0.2) is 57.9 Å². The number of rotatable bonds is 4. The average Bonchev–Trinajstić information content (AvgIpc) is 2.50. The summed E-state index contributed by atoms with van der Waals surface area (Å²) >= 11 is 9.47. The van der Waals surface area contributed by atoms with E-state index in [4.69, 9.17) is 11.6 Å². The van der Waals surface area contributed by atoms with Gasteiger partial charge >= 0.3 is 0 Å². The summed E-state index contributed by atoms with van der Waals surface area (Å²) in [7, 11) is 2.00. The molecule has 0 N–H and O–H groups in total. The van der Waals surface area contributed by atoms with E-state index in [9.17, 15) is 4.79 Å². The fourth-order valence-corrected chi connectivity index (χ4v) is 3.03. The molecule has 0 aliphatic rings. The van der Waals surface area contributed by atoms with Crippen LogP contribution >= 0.6 is 27.5 Å². The predicted octanol–water partition coefficient (Wildman–Crippen LogP) is 3.74. The predicted molar refractivity (Wildman–Crippen MR) is 95.8 cm³/mol. The van der Waals surface area contributed by atoms with E-state index in [0.717, 1.165) is 16.7 Å². The van der Waals surface area contributed by atoms with Gasteiger partial charge in [0, 0.05) is 29.8 Å². The van der Waals surface area contributed by atoms with Gasteiger partial charge in [0.2, 0.25) is 0 Å². The summed E-state index contributed by atoms with van der Waals surface area (Å²) in [6, 6.07) is 13.1. The number of benzene rings is 1. The lowest BCUT2D eigenvalue weighted by atomic mass is 10.2. The molecule has 1 aromatic carbocycles. The van der Waals surface area contributed by atoms with Crippen molar-refractivity contribution < 1.29 is 0 Å². The lowest BCUT2D eigenvalue weighted by molar-refractivity contribution is 0.314. The Labute approximate surface area is 147 Å². The molecule has 0 spiro atoms. The highest BCUT2D eigenvalue weighted by Gasteiger charge is 2.08. The quantitative estimate of drug-likeness (QED) is 0.679. The Morgan fingerprint density at radius 3 is 2.78 bits per heavy atom. The van der Waals surface area contributed by atoms with Gasteiger partial charge in [0.15, 0.2) is 0 Å². The van der Waals surface area contributed by atoms with Crippen LogP contribution in [0.3, 0.4) is 0 Å². The topological polar surface area (TPSA) is 37.6 Å². The standard InChI is InChI=1S/C17H15BrClN3O/c1-21(9-12-4-2-3-5-15(12)18)11-14-8-17(23)22-10-13(19)6-7-16(22)20-14/h2-8,10H,9,11H2,1H3. The molecule has 0 amide bonds.